The predicted molar refractivity (Wildman–Crippen MR) is 88.8 cm³/mol. The van der Waals surface area contributed by atoms with Crippen molar-refractivity contribution in [2.45, 2.75) is 25.7 Å². The number of rotatable bonds is 8. The van der Waals surface area contributed by atoms with Crippen LogP contribution in [0.5, 0.6) is 0 Å². The fourth-order valence-electron chi connectivity index (χ4n) is 2.97. The van der Waals surface area contributed by atoms with E-state index in [1.807, 2.05) is 4.90 Å². The molecular weight excluding hydrogens is 276 g/mol. The van der Waals surface area contributed by atoms with Crippen molar-refractivity contribution in [2.24, 2.45) is 5.92 Å². The van der Waals surface area contributed by atoms with E-state index in [2.05, 4.69) is 35.6 Å². The molecule has 0 radical (unpaired) electrons. The minimum absolute atomic E-state index is 0.220. The van der Waals surface area contributed by atoms with Gasteiger partial charge >= 0.3 is 0 Å². The molecule has 1 N–H and O–H groups in total. The second kappa shape index (κ2) is 9.59. The summed E-state index contributed by atoms with van der Waals surface area (Å²) < 4.78 is 4.96. The Morgan fingerprint density at radius 1 is 1.27 bits per heavy atom. The molecule has 0 aliphatic carbocycles. The molecule has 1 fully saturated rings. The second-order valence-corrected chi connectivity index (χ2v) is 6.02. The molecule has 0 bridgehead atoms. The van der Waals surface area contributed by atoms with E-state index in [9.17, 15) is 4.79 Å². The fourth-order valence-corrected chi connectivity index (χ4v) is 2.97. The topological polar surface area (TPSA) is 41.6 Å². The zero-order valence-corrected chi connectivity index (χ0v) is 13.6. The first-order valence-corrected chi connectivity index (χ1v) is 8.31. The quantitative estimate of drug-likeness (QED) is 0.748. The number of carbonyl (C=O) groups excluding carboxylic acids is 1. The Hall–Kier alpha value is -1.39. The maximum Gasteiger partial charge on any atom is 0.236 e. The van der Waals surface area contributed by atoms with Crippen LogP contribution in [0.3, 0.4) is 0 Å². The van der Waals surface area contributed by atoms with Gasteiger partial charge in [0.05, 0.1) is 13.2 Å². The highest BCUT2D eigenvalue weighted by Crippen LogP contribution is 2.22. The third-order valence-electron chi connectivity index (χ3n) is 4.41. The van der Waals surface area contributed by atoms with Gasteiger partial charge in [0.15, 0.2) is 0 Å². The number of piperidine rings is 1. The molecule has 2 rings (SSSR count). The van der Waals surface area contributed by atoms with Gasteiger partial charge in [0.2, 0.25) is 5.91 Å². The van der Waals surface area contributed by atoms with Crippen molar-refractivity contribution in [3.05, 3.63) is 35.9 Å². The van der Waals surface area contributed by atoms with Gasteiger partial charge in [-0.3, -0.25) is 4.79 Å². The van der Waals surface area contributed by atoms with Crippen LogP contribution in [0.15, 0.2) is 30.3 Å². The first kappa shape index (κ1) is 17.0. The van der Waals surface area contributed by atoms with Gasteiger partial charge in [0, 0.05) is 26.7 Å². The summed E-state index contributed by atoms with van der Waals surface area (Å²) >= 11 is 0. The van der Waals surface area contributed by atoms with Gasteiger partial charge in [0.25, 0.3) is 0 Å². The monoisotopic (exact) mass is 304 g/mol. The number of nitrogens with one attached hydrogen (secondary N) is 1. The van der Waals surface area contributed by atoms with Gasteiger partial charge < -0.3 is 15.0 Å². The molecule has 0 saturated carbocycles. The average Bonchev–Trinajstić information content (AvgIpc) is 2.58. The molecule has 1 amide bonds. The zero-order valence-electron chi connectivity index (χ0n) is 13.6. The lowest BCUT2D eigenvalue weighted by atomic mass is 9.90. The van der Waals surface area contributed by atoms with Crippen LogP contribution in [0.1, 0.15) is 24.8 Å². The fraction of sp³-hybridized carbons (Fsp3) is 0.611. The van der Waals surface area contributed by atoms with Crippen molar-refractivity contribution in [1.82, 2.24) is 10.2 Å². The molecule has 0 unspecified atom stereocenters. The summed E-state index contributed by atoms with van der Waals surface area (Å²) in [5.41, 5.74) is 1.42. The van der Waals surface area contributed by atoms with E-state index in [1.165, 1.54) is 12.0 Å². The van der Waals surface area contributed by atoms with Gasteiger partial charge in [-0.25, -0.2) is 0 Å². The van der Waals surface area contributed by atoms with Gasteiger partial charge in [0.1, 0.15) is 0 Å². The van der Waals surface area contributed by atoms with E-state index in [1.54, 1.807) is 7.11 Å². The number of likely N-dealkylation sites (tertiary alicyclic amines) is 1. The average molecular weight is 304 g/mol. The van der Waals surface area contributed by atoms with Gasteiger partial charge in [-0.05, 0) is 37.2 Å². The molecule has 22 heavy (non-hydrogen) atoms. The number of nitrogens with zero attached hydrogens (tertiary/aromatic N) is 1. The molecule has 4 heteroatoms. The molecule has 4 nitrogen and oxygen atoms in total. The second-order valence-electron chi connectivity index (χ2n) is 6.02. The van der Waals surface area contributed by atoms with Crippen molar-refractivity contribution in [1.29, 1.82) is 0 Å². The summed E-state index contributed by atoms with van der Waals surface area (Å²) in [6, 6.07) is 10.7. The van der Waals surface area contributed by atoms with Crippen LogP contribution in [0.25, 0.3) is 0 Å². The molecule has 0 atom stereocenters. The Kier molecular flexibility index (Phi) is 7.40. The maximum absolute atomic E-state index is 12.1. The number of aryl methyl sites for hydroxylation is 1. The third-order valence-corrected chi connectivity index (χ3v) is 4.41. The van der Waals surface area contributed by atoms with Crippen LogP contribution in [-0.2, 0) is 16.0 Å². The molecule has 1 saturated heterocycles. The van der Waals surface area contributed by atoms with Crippen LogP contribution < -0.4 is 5.32 Å². The van der Waals surface area contributed by atoms with Crippen LogP contribution in [0.2, 0.25) is 0 Å². The Balaban J connectivity index is 1.62. The SMILES string of the molecule is COCCNCC(=O)N1CCC(CCc2ccccc2)CC1. The zero-order chi connectivity index (χ0) is 15.6. The first-order chi connectivity index (χ1) is 10.8. The minimum atomic E-state index is 0.220. The maximum atomic E-state index is 12.1. The summed E-state index contributed by atoms with van der Waals surface area (Å²) in [5, 5.41) is 3.13. The number of hydrogen-bond acceptors (Lipinski definition) is 3. The molecule has 1 heterocycles. The molecule has 0 spiro atoms. The number of methoxy groups -OCH3 is 1. The summed E-state index contributed by atoms with van der Waals surface area (Å²) in [5.74, 6) is 0.975. The Morgan fingerprint density at radius 3 is 2.68 bits per heavy atom. The summed E-state index contributed by atoms with van der Waals surface area (Å²) in [6.07, 6.45) is 4.66. The molecule has 1 aromatic carbocycles. The van der Waals surface area contributed by atoms with Crippen molar-refractivity contribution in [3.63, 3.8) is 0 Å². The Bertz CT molecular complexity index is 428. The number of amides is 1. The summed E-state index contributed by atoms with van der Waals surface area (Å²) in [7, 11) is 1.67. The van der Waals surface area contributed by atoms with E-state index in [-0.39, 0.29) is 5.91 Å². The number of carbonyl (C=O) groups is 1. The Labute approximate surface area is 133 Å². The van der Waals surface area contributed by atoms with E-state index in [0.29, 0.717) is 13.2 Å². The summed E-state index contributed by atoms with van der Waals surface area (Å²) in [6.45, 7) is 3.62. The lowest BCUT2D eigenvalue weighted by Gasteiger charge is -2.32. The van der Waals surface area contributed by atoms with E-state index in [4.69, 9.17) is 4.74 Å². The third kappa shape index (κ3) is 5.78. The number of ether oxygens (including phenoxy) is 1. The van der Waals surface area contributed by atoms with E-state index >= 15 is 0 Å². The van der Waals surface area contributed by atoms with Crippen molar-refractivity contribution >= 4 is 5.91 Å². The van der Waals surface area contributed by atoms with Gasteiger partial charge in [-0.15, -0.1) is 0 Å². The molecule has 1 aromatic rings. The van der Waals surface area contributed by atoms with Crippen molar-refractivity contribution < 1.29 is 9.53 Å². The largest absolute Gasteiger partial charge is 0.383 e. The van der Waals surface area contributed by atoms with E-state index < -0.39 is 0 Å². The number of benzene rings is 1. The lowest BCUT2D eigenvalue weighted by molar-refractivity contribution is -0.131. The summed E-state index contributed by atoms with van der Waals surface area (Å²) in [4.78, 5) is 14.1. The highest BCUT2D eigenvalue weighted by molar-refractivity contribution is 5.78. The highest BCUT2D eigenvalue weighted by Gasteiger charge is 2.22. The van der Waals surface area contributed by atoms with Crippen LogP contribution in [0, 0.1) is 5.92 Å². The smallest absolute Gasteiger partial charge is 0.236 e. The van der Waals surface area contributed by atoms with Crippen molar-refractivity contribution in [3.8, 4) is 0 Å². The van der Waals surface area contributed by atoms with Crippen molar-refractivity contribution in [2.75, 3.05) is 39.9 Å². The molecule has 1 aliphatic rings. The number of hydrogen-bond donors (Lipinski definition) is 1. The standard InChI is InChI=1S/C18H28N2O2/c1-22-14-11-19-15-18(21)20-12-9-17(10-13-20)8-7-16-5-3-2-4-6-16/h2-6,17,19H,7-15H2,1H3. The lowest BCUT2D eigenvalue weighted by Crippen LogP contribution is -2.43. The molecule has 0 aromatic heterocycles. The normalized spacial score (nSPS) is 16.0. The Morgan fingerprint density at radius 2 is 2.00 bits per heavy atom. The van der Waals surface area contributed by atoms with Gasteiger partial charge in [-0.2, -0.15) is 0 Å². The minimum Gasteiger partial charge on any atom is -0.383 e. The predicted octanol–water partition coefficient (Wildman–Crippen LogP) is 2.09. The van der Waals surface area contributed by atoms with Crippen LogP contribution in [-0.4, -0.2) is 50.7 Å². The van der Waals surface area contributed by atoms with Crippen LogP contribution in [0.4, 0.5) is 0 Å². The van der Waals surface area contributed by atoms with Gasteiger partial charge in [-0.1, -0.05) is 30.3 Å². The molecule has 122 valence electrons. The molecule has 1 aliphatic heterocycles. The highest BCUT2D eigenvalue weighted by atomic mass is 16.5. The van der Waals surface area contributed by atoms with Crippen LogP contribution >= 0.6 is 0 Å². The van der Waals surface area contributed by atoms with E-state index in [0.717, 1.165) is 44.8 Å². The molecular formula is C18H28N2O2. The first-order valence-electron chi connectivity index (χ1n) is 8.31.